The molecule has 0 unspecified atom stereocenters. The van der Waals surface area contributed by atoms with Crippen LogP contribution >= 0.6 is 11.6 Å². The number of ketones is 1. The number of carbonyl (C=O) groups excluding carboxylic acids is 1. The number of fused-ring (bicyclic) bond motifs is 1. The lowest BCUT2D eigenvalue weighted by Gasteiger charge is -2.14. The zero-order chi connectivity index (χ0) is 14.4. The van der Waals surface area contributed by atoms with E-state index in [-0.39, 0.29) is 16.9 Å². The first kappa shape index (κ1) is 13.2. The molecule has 5 heteroatoms. The number of ether oxygens (including phenoxy) is 1. The molecule has 4 nitrogen and oxygen atoms in total. The topological polar surface area (TPSA) is 47.8 Å². The van der Waals surface area contributed by atoms with Gasteiger partial charge in [-0.2, -0.15) is 0 Å². The number of halogens is 1. The fourth-order valence-electron chi connectivity index (χ4n) is 2.52. The van der Waals surface area contributed by atoms with Gasteiger partial charge in [-0.05, 0) is 43.4 Å². The van der Waals surface area contributed by atoms with Gasteiger partial charge >= 0.3 is 0 Å². The smallest absolute Gasteiger partial charge is 0.266 e. The Kier molecular flexibility index (Phi) is 3.05. The van der Waals surface area contributed by atoms with Crippen LogP contribution in [0.15, 0.2) is 23.1 Å². The normalized spacial score (nSPS) is 14.6. The van der Waals surface area contributed by atoms with Crippen molar-refractivity contribution in [2.24, 2.45) is 0 Å². The van der Waals surface area contributed by atoms with Gasteiger partial charge in [0, 0.05) is 6.20 Å². The molecule has 3 rings (SSSR count). The molecule has 0 saturated heterocycles. The van der Waals surface area contributed by atoms with Gasteiger partial charge in [0.05, 0.1) is 23.2 Å². The number of rotatable bonds is 3. The molecule has 0 N–H and O–H groups in total. The summed E-state index contributed by atoms with van der Waals surface area (Å²) in [5.41, 5.74) is 1.53. The molecule has 0 atom stereocenters. The van der Waals surface area contributed by atoms with Crippen LogP contribution in [0.25, 0.3) is 5.52 Å². The van der Waals surface area contributed by atoms with E-state index in [0.29, 0.717) is 22.2 Å². The highest BCUT2D eigenvalue weighted by molar-refractivity contribution is 6.32. The van der Waals surface area contributed by atoms with Crippen molar-refractivity contribution in [2.45, 2.75) is 25.7 Å². The van der Waals surface area contributed by atoms with Gasteiger partial charge in [0.25, 0.3) is 5.56 Å². The highest BCUT2D eigenvalue weighted by Crippen LogP contribution is 2.44. The molecule has 104 valence electrons. The van der Waals surface area contributed by atoms with Crippen LogP contribution in [0.4, 0.5) is 0 Å². The molecule has 0 bridgehead atoms. The van der Waals surface area contributed by atoms with E-state index in [0.717, 1.165) is 18.4 Å². The molecule has 0 amide bonds. The molecule has 2 aromatic heterocycles. The van der Waals surface area contributed by atoms with Gasteiger partial charge < -0.3 is 4.74 Å². The van der Waals surface area contributed by atoms with E-state index in [1.165, 1.54) is 18.4 Å². The van der Waals surface area contributed by atoms with Crippen molar-refractivity contribution >= 4 is 22.9 Å². The molecule has 0 radical (unpaired) electrons. The third-order valence-corrected chi connectivity index (χ3v) is 3.96. The van der Waals surface area contributed by atoms with Crippen LogP contribution < -0.4 is 10.3 Å². The Morgan fingerprint density at radius 2 is 2.15 bits per heavy atom. The predicted octanol–water partition coefficient (Wildman–Crippen LogP) is 3.04. The van der Waals surface area contributed by atoms with Gasteiger partial charge in [0.2, 0.25) is 0 Å². The van der Waals surface area contributed by atoms with Gasteiger partial charge in [-0.15, -0.1) is 0 Å². The number of hydrogen-bond acceptors (Lipinski definition) is 3. The van der Waals surface area contributed by atoms with Crippen LogP contribution in [0.1, 0.15) is 41.6 Å². The SMILES string of the molecule is COc1c(Cl)ccn2c(=O)c(C(C)=O)cc(C3CC3)c12. The average molecular weight is 292 g/mol. The van der Waals surface area contributed by atoms with Crippen LogP contribution in [-0.4, -0.2) is 17.3 Å². The summed E-state index contributed by atoms with van der Waals surface area (Å²) in [5, 5.41) is 0.462. The first-order valence-corrected chi connectivity index (χ1v) is 6.85. The lowest BCUT2D eigenvalue weighted by molar-refractivity contribution is 0.101. The Morgan fingerprint density at radius 3 is 2.70 bits per heavy atom. The Balaban J connectivity index is 2.48. The third kappa shape index (κ3) is 1.91. The van der Waals surface area contributed by atoms with E-state index < -0.39 is 0 Å². The lowest BCUT2D eigenvalue weighted by atomic mass is 10.0. The number of carbonyl (C=O) groups is 1. The molecule has 1 fully saturated rings. The largest absolute Gasteiger partial charge is 0.493 e. The molecule has 1 saturated carbocycles. The standard InChI is InChI=1S/C15H14ClNO3/c1-8(18)10-7-11(9-3-4-9)13-14(20-2)12(16)5-6-17(13)15(10)19/h5-7,9H,3-4H2,1-2H3. The summed E-state index contributed by atoms with van der Waals surface area (Å²) in [6.45, 7) is 1.41. The molecule has 0 spiro atoms. The van der Waals surface area contributed by atoms with E-state index in [1.54, 1.807) is 18.3 Å². The van der Waals surface area contributed by atoms with Gasteiger partial charge in [0.15, 0.2) is 11.5 Å². The zero-order valence-electron chi connectivity index (χ0n) is 11.3. The molecule has 2 heterocycles. The average Bonchev–Trinajstić information content (AvgIpc) is 3.23. The first-order chi connectivity index (χ1) is 9.54. The first-order valence-electron chi connectivity index (χ1n) is 6.47. The fourth-order valence-corrected chi connectivity index (χ4v) is 2.74. The summed E-state index contributed by atoms with van der Waals surface area (Å²) in [6, 6.07) is 3.31. The number of Topliss-reactive ketones (excluding diaryl/α,β-unsaturated/α-hetero) is 1. The molecule has 0 aliphatic heterocycles. The predicted molar refractivity (Wildman–Crippen MR) is 77.2 cm³/mol. The van der Waals surface area contributed by atoms with Crippen molar-refractivity contribution in [3.63, 3.8) is 0 Å². The van der Waals surface area contributed by atoms with Crippen LogP contribution in [0.5, 0.6) is 5.75 Å². The molecule has 2 aromatic rings. The number of hydrogen-bond donors (Lipinski definition) is 0. The Morgan fingerprint density at radius 1 is 1.45 bits per heavy atom. The molecule has 0 aromatic carbocycles. The van der Waals surface area contributed by atoms with Crippen molar-refractivity contribution < 1.29 is 9.53 Å². The fraction of sp³-hybridized carbons (Fsp3) is 0.333. The molecule has 1 aliphatic rings. The van der Waals surface area contributed by atoms with E-state index in [2.05, 4.69) is 0 Å². The second-order valence-electron chi connectivity index (χ2n) is 5.06. The number of nitrogens with zero attached hydrogens (tertiary/aromatic N) is 1. The van der Waals surface area contributed by atoms with Crippen LogP contribution in [0.3, 0.4) is 0 Å². The molecular weight excluding hydrogens is 278 g/mol. The Hall–Kier alpha value is -1.81. The van der Waals surface area contributed by atoms with Gasteiger partial charge in [-0.25, -0.2) is 0 Å². The number of aromatic nitrogens is 1. The minimum atomic E-state index is -0.327. The Labute approximate surface area is 120 Å². The third-order valence-electron chi connectivity index (χ3n) is 3.67. The number of methoxy groups -OCH3 is 1. The quantitative estimate of drug-likeness (QED) is 0.817. The van der Waals surface area contributed by atoms with Crippen molar-refractivity contribution in [3.8, 4) is 5.75 Å². The highest BCUT2D eigenvalue weighted by atomic mass is 35.5. The van der Waals surface area contributed by atoms with Crippen molar-refractivity contribution in [1.82, 2.24) is 4.40 Å². The molecule has 20 heavy (non-hydrogen) atoms. The maximum atomic E-state index is 12.4. The van der Waals surface area contributed by atoms with Crippen LogP contribution in [-0.2, 0) is 0 Å². The van der Waals surface area contributed by atoms with E-state index in [1.807, 2.05) is 0 Å². The van der Waals surface area contributed by atoms with Crippen molar-refractivity contribution in [1.29, 1.82) is 0 Å². The summed E-state index contributed by atoms with van der Waals surface area (Å²) in [6.07, 6.45) is 3.71. The summed E-state index contributed by atoms with van der Waals surface area (Å²) in [5.74, 6) is 0.638. The second kappa shape index (κ2) is 4.63. The molecular formula is C15H14ClNO3. The van der Waals surface area contributed by atoms with Crippen LogP contribution in [0, 0.1) is 0 Å². The van der Waals surface area contributed by atoms with E-state index in [4.69, 9.17) is 16.3 Å². The van der Waals surface area contributed by atoms with Crippen molar-refractivity contribution in [2.75, 3.05) is 7.11 Å². The van der Waals surface area contributed by atoms with Crippen molar-refractivity contribution in [3.05, 3.63) is 44.8 Å². The summed E-state index contributed by atoms with van der Waals surface area (Å²) >= 11 is 6.15. The zero-order valence-corrected chi connectivity index (χ0v) is 12.0. The molecule has 1 aliphatic carbocycles. The van der Waals surface area contributed by atoms with Gasteiger partial charge in [-0.3, -0.25) is 14.0 Å². The van der Waals surface area contributed by atoms with Gasteiger partial charge in [-0.1, -0.05) is 11.6 Å². The Bertz CT molecular complexity index is 775. The monoisotopic (exact) mass is 291 g/mol. The highest BCUT2D eigenvalue weighted by Gasteiger charge is 2.29. The minimum Gasteiger partial charge on any atom is -0.493 e. The summed E-state index contributed by atoms with van der Waals surface area (Å²) < 4.78 is 6.82. The van der Waals surface area contributed by atoms with Crippen LogP contribution in [0.2, 0.25) is 5.02 Å². The maximum absolute atomic E-state index is 12.4. The second-order valence-corrected chi connectivity index (χ2v) is 5.47. The van der Waals surface area contributed by atoms with Gasteiger partial charge in [0.1, 0.15) is 0 Å². The minimum absolute atomic E-state index is 0.216. The lowest BCUT2D eigenvalue weighted by Crippen LogP contribution is -2.22. The van der Waals surface area contributed by atoms with E-state index >= 15 is 0 Å². The summed E-state index contributed by atoms with van der Waals surface area (Å²) in [7, 11) is 1.53. The number of pyridine rings is 2. The van der Waals surface area contributed by atoms with E-state index in [9.17, 15) is 9.59 Å². The summed E-state index contributed by atoms with van der Waals surface area (Å²) in [4.78, 5) is 24.0. The maximum Gasteiger partial charge on any atom is 0.266 e.